The Balaban J connectivity index is 2.48. The standard InChI is InChI=1S/C10H15NO2/c1-3-9(12)11(2)8-10(13)6-4-5-7-10/h1,13H,4-8H2,2H3. The number of rotatable bonds is 2. The van der Waals surface area contributed by atoms with Gasteiger partial charge in [0.15, 0.2) is 0 Å². The van der Waals surface area contributed by atoms with E-state index in [4.69, 9.17) is 6.42 Å². The molecule has 0 saturated heterocycles. The van der Waals surface area contributed by atoms with Crippen molar-refractivity contribution in [2.75, 3.05) is 13.6 Å². The van der Waals surface area contributed by atoms with Gasteiger partial charge in [0.05, 0.1) is 5.60 Å². The highest BCUT2D eigenvalue weighted by atomic mass is 16.3. The molecule has 1 amide bonds. The molecule has 72 valence electrons. The highest BCUT2D eigenvalue weighted by Gasteiger charge is 2.33. The molecular weight excluding hydrogens is 166 g/mol. The molecule has 0 unspecified atom stereocenters. The molecule has 1 aliphatic rings. The van der Waals surface area contributed by atoms with Crippen LogP contribution in [0.2, 0.25) is 0 Å². The Bertz CT molecular complexity index is 236. The lowest BCUT2D eigenvalue weighted by atomic mass is 10.0. The fourth-order valence-corrected chi connectivity index (χ4v) is 1.81. The molecule has 0 atom stereocenters. The van der Waals surface area contributed by atoms with Gasteiger partial charge in [-0.3, -0.25) is 4.79 Å². The van der Waals surface area contributed by atoms with Crippen LogP contribution >= 0.6 is 0 Å². The zero-order valence-electron chi connectivity index (χ0n) is 7.92. The fourth-order valence-electron chi connectivity index (χ4n) is 1.81. The molecule has 1 fully saturated rings. The Morgan fingerprint density at radius 3 is 2.62 bits per heavy atom. The van der Waals surface area contributed by atoms with Gasteiger partial charge < -0.3 is 10.0 Å². The molecule has 0 heterocycles. The zero-order valence-corrected chi connectivity index (χ0v) is 7.92. The zero-order chi connectivity index (χ0) is 9.90. The largest absolute Gasteiger partial charge is 0.388 e. The van der Waals surface area contributed by atoms with Gasteiger partial charge in [-0.05, 0) is 18.8 Å². The van der Waals surface area contributed by atoms with Crippen molar-refractivity contribution in [2.45, 2.75) is 31.3 Å². The first-order valence-corrected chi connectivity index (χ1v) is 4.51. The van der Waals surface area contributed by atoms with Crippen molar-refractivity contribution >= 4 is 5.91 Å². The van der Waals surface area contributed by atoms with Crippen LogP contribution in [0.15, 0.2) is 0 Å². The SMILES string of the molecule is C#CC(=O)N(C)CC1(O)CCCC1. The Morgan fingerprint density at radius 1 is 1.62 bits per heavy atom. The summed E-state index contributed by atoms with van der Waals surface area (Å²) in [5.41, 5.74) is -0.693. The topological polar surface area (TPSA) is 40.5 Å². The third-order valence-electron chi connectivity index (χ3n) is 2.54. The molecule has 0 spiro atoms. The highest BCUT2D eigenvalue weighted by molar-refractivity contribution is 5.92. The van der Waals surface area contributed by atoms with E-state index < -0.39 is 5.60 Å². The van der Waals surface area contributed by atoms with E-state index in [1.54, 1.807) is 7.05 Å². The normalized spacial score (nSPS) is 19.5. The molecule has 0 aromatic carbocycles. The Kier molecular flexibility index (Phi) is 2.94. The van der Waals surface area contributed by atoms with Crippen molar-refractivity contribution in [2.24, 2.45) is 0 Å². The average molecular weight is 181 g/mol. The van der Waals surface area contributed by atoms with E-state index in [-0.39, 0.29) is 5.91 Å². The predicted molar refractivity (Wildman–Crippen MR) is 49.9 cm³/mol. The lowest BCUT2D eigenvalue weighted by Gasteiger charge is -2.27. The molecule has 0 aromatic rings. The molecule has 13 heavy (non-hydrogen) atoms. The number of carbonyl (C=O) groups excluding carboxylic acids is 1. The molecule has 3 nitrogen and oxygen atoms in total. The number of likely N-dealkylation sites (N-methyl/N-ethyl adjacent to an activating group) is 1. The lowest BCUT2D eigenvalue weighted by Crippen LogP contribution is -2.41. The van der Waals surface area contributed by atoms with E-state index in [1.165, 1.54) is 4.90 Å². The van der Waals surface area contributed by atoms with Gasteiger partial charge in [0, 0.05) is 13.6 Å². The van der Waals surface area contributed by atoms with Crippen LogP contribution in [0, 0.1) is 12.3 Å². The molecule has 1 saturated carbocycles. The summed E-state index contributed by atoms with van der Waals surface area (Å²) in [4.78, 5) is 12.4. The molecular formula is C10H15NO2. The van der Waals surface area contributed by atoms with Crippen LogP contribution in [-0.4, -0.2) is 35.1 Å². The average Bonchev–Trinajstić information content (AvgIpc) is 2.50. The summed E-state index contributed by atoms with van der Waals surface area (Å²) in [5, 5.41) is 9.94. The highest BCUT2D eigenvalue weighted by Crippen LogP contribution is 2.29. The van der Waals surface area contributed by atoms with Crippen LogP contribution in [0.5, 0.6) is 0 Å². The summed E-state index contributed by atoms with van der Waals surface area (Å²) in [7, 11) is 1.62. The van der Waals surface area contributed by atoms with Crippen molar-refractivity contribution in [3.05, 3.63) is 0 Å². The van der Waals surface area contributed by atoms with Crippen molar-refractivity contribution < 1.29 is 9.90 Å². The van der Waals surface area contributed by atoms with Crippen LogP contribution in [-0.2, 0) is 4.79 Å². The third-order valence-corrected chi connectivity index (χ3v) is 2.54. The summed E-state index contributed by atoms with van der Waals surface area (Å²) in [6.45, 7) is 0.357. The number of hydrogen-bond acceptors (Lipinski definition) is 2. The molecule has 3 heteroatoms. The van der Waals surface area contributed by atoms with Gasteiger partial charge in [0.2, 0.25) is 0 Å². The summed E-state index contributed by atoms with van der Waals surface area (Å²) in [5.74, 6) is 1.67. The van der Waals surface area contributed by atoms with E-state index in [2.05, 4.69) is 0 Å². The second-order valence-corrected chi connectivity index (χ2v) is 3.74. The van der Waals surface area contributed by atoms with Gasteiger partial charge in [-0.1, -0.05) is 12.8 Å². The maximum absolute atomic E-state index is 11.0. The lowest BCUT2D eigenvalue weighted by molar-refractivity contribution is -0.127. The first-order chi connectivity index (χ1) is 6.07. The van der Waals surface area contributed by atoms with Crippen molar-refractivity contribution in [1.82, 2.24) is 4.90 Å². The van der Waals surface area contributed by atoms with Crippen LogP contribution in [0.1, 0.15) is 25.7 Å². The fraction of sp³-hybridized carbons (Fsp3) is 0.700. The molecule has 0 aromatic heterocycles. The number of aliphatic hydroxyl groups is 1. The van der Waals surface area contributed by atoms with E-state index >= 15 is 0 Å². The summed E-state index contributed by atoms with van der Waals surface area (Å²) in [6.07, 6.45) is 8.59. The van der Waals surface area contributed by atoms with Crippen LogP contribution < -0.4 is 0 Å². The van der Waals surface area contributed by atoms with Crippen molar-refractivity contribution in [3.8, 4) is 12.3 Å². The van der Waals surface area contributed by atoms with Gasteiger partial charge in [0.25, 0.3) is 5.91 Å². The van der Waals surface area contributed by atoms with Crippen LogP contribution in [0.3, 0.4) is 0 Å². The van der Waals surface area contributed by atoms with Crippen LogP contribution in [0.25, 0.3) is 0 Å². The predicted octanol–water partition coefficient (Wildman–Crippen LogP) is 0.383. The van der Waals surface area contributed by atoms with Crippen LogP contribution in [0.4, 0.5) is 0 Å². The summed E-state index contributed by atoms with van der Waals surface area (Å²) in [6, 6.07) is 0. The molecule has 1 N–H and O–H groups in total. The van der Waals surface area contributed by atoms with Gasteiger partial charge in [0.1, 0.15) is 0 Å². The molecule has 0 aliphatic heterocycles. The maximum atomic E-state index is 11.0. The monoisotopic (exact) mass is 181 g/mol. The minimum atomic E-state index is -0.693. The molecule has 0 bridgehead atoms. The van der Waals surface area contributed by atoms with Gasteiger partial charge in [-0.25, -0.2) is 0 Å². The first-order valence-electron chi connectivity index (χ1n) is 4.51. The van der Waals surface area contributed by atoms with E-state index in [0.29, 0.717) is 6.54 Å². The van der Waals surface area contributed by atoms with E-state index in [9.17, 15) is 9.90 Å². The minimum absolute atomic E-state index is 0.357. The Morgan fingerprint density at radius 2 is 2.15 bits per heavy atom. The van der Waals surface area contributed by atoms with E-state index in [0.717, 1.165) is 25.7 Å². The number of hydrogen-bond donors (Lipinski definition) is 1. The summed E-state index contributed by atoms with van der Waals surface area (Å²) < 4.78 is 0. The van der Waals surface area contributed by atoms with Gasteiger partial charge >= 0.3 is 0 Å². The first kappa shape index (κ1) is 10.1. The van der Waals surface area contributed by atoms with E-state index in [1.807, 2.05) is 5.92 Å². The Hall–Kier alpha value is -1.01. The number of nitrogens with zero attached hydrogens (tertiary/aromatic N) is 1. The third kappa shape index (κ3) is 2.46. The maximum Gasteiger partial charge on any atom is 0.298 e. The number of carbonyl (C=O) groups is 1. The molecule has 1 aliphatic carbocycles. The molecule has 0 radical (unpaired) electrons. The van der Waals surface area contributed by atoms with Gasteiger partial charge in [-0.15, -0.1) is 6.42 Å². The van der Waals surface area contributed by atoms with Crippen molar-refractivity contribution in [1.29, 1.82) is 0 Å². The van der Waals surface area contributed by atoms with Gasteiger partial charge in [-0.2, -0.15) is 0 Å². The Labute approximate surface area is 78.7 Å². The second kappa shape index (κ2) is 3.80. The second-order valence-electron chi connectivity index (χ2n) is 3.74. The summed E-state index contributed by atoms with van der Waals surface area (Å²) >= 11 is 0. The minimum Gasteiger partial charge on any atom is -0.388 e. The quantitative estimate of drug-likeness (QED) is 0.626. The number of terminal acetylenes is 1. The van der Waals surface area contributed by atoms with Crippen molar-refractivity contribution in [3.63, 3.8) is 0 Å². The smallest absolute Gasteiger partial charge is 0.298 e. The molecule has 1 rings (SSSR count). The number of amides is 1.